The number of carbonyl (C=O) groups is 1. The van der Waals surface area contributed by atoms with Crippen molar-refractivity contribution in [1.29, 1.82) is 0 Å². The molecule has 2 aliphatic rings. The van der Waals surface area contributed by atoms with E-state index in [4.69, 9.17) is 0 Å². The summed E-state index contributed by atoms with van der Waals surface area (Å²) in [4.78, 5) is 12.8. The van der Waals surface area contributed by atoms with Gasteiger partial charge in [0.1, 0.15) is 6.17 Å². The molecule has 2 unspecified atom stereocenters. The monoisotopic (exact) mass is 158 g/mol. The van der Waals surface area contributed by atoms with E-state index in [1.54, 1.807) is 0 Å². The summed E-state index contributed by atoms with van der Waals surface area (Å²) in [5.74, 6) is 0.0235. The predicted octanol–water partition coefficient (Wildman–Crippen LogP) is -0.471. The standard InChI is InChI=1S/C7H11FN2O/c8-5-1-6-2-9-7(11)4-10(6)3-5/h5-6H,1-4H2,(H,9,11). The lowest BCUT2D eigenvalue weighted by atomic mass is 10.2. The first-order chi connectivity index (χ1) is 5.25. The van der Waals surface area contributed by atoms with Crippen LogP contribution in [0.1, 0.15) is 6.42 Å². The second-order valence-corrected chi connectivity index (χ2v) is 3.22. The molecule has 0 aromatic carbocycles. The van der Waals surface area contributed by atoms with Crippen molar-refractivity contribution in [3.8, 4) is 0 Å². The number of nitrogens with one attached hydrogen (secondary N) is 1. The van der Waals surface area contributed by atoms with E-state index >= 15 is 0 Å². The van der Waals surface area contributed by atoms with Gasteiger partial charge in [0.05, 0.1) is 6.54 Å². The second kappa shape index (κ2) is 2.44. The van der Waals surface area contributed by atoms with Gasteiger partial charge < -0.3 is 5.32 Å². The number of amides is 1. The lowest BCUT2D eigenvalue weighted by Crippen LogP contribution is -2.51. The first-order valence-electron chi connectivity index (χ1n) is 3.90. The molecule has 0 radical (unpaired) electrons. The number of halogens is 1. The Hall–Kier alpha value is -0.640. The summed E-state index contributed by atoms with van der Waals surface area (Å²) in [6.07, 6.45) is -0.145. The summed E-state index contributed by atoms with van der Waals surface area (Å²) in [7, 11) is 0. The van der Waals surface area contributed by atoms with Crippen LogP contribution in [0.5, 0.6) is 0 Å². The summed E-state index contributed by atoms with van der Waals surface area (Å²) in [5.41, 5.74) is 0. The minimum atomic E-state index is -0.729. The zero-order valence-electron chi connectivity index (χ0n) is 6.22. The van der Waals surface area contributed by atoms with Crippen molar-refractivity contribution >= 4 is 5.91 Å². The first kappa shape index (κ1) is 7.03. The normalized spacial score (nSPS) is 38.5. The second-order valence-electron chi connectivity index (χ2n) is 3.22. The van der Waals surface area contributed by atoms with Crippen LogP contribution < -0.4 is 5.32 Å². The molecule has 1 amide bonds. The number of piperazine rings is 1. The summed E-state index contributed by atoms with van der Waals surface area (Å²) >= 11 is 0. The summed E-state index contributed by atoms with van der Waals surface area (Å²) in [6.45, 7) is 1.45. The Morgan fingerprint density at radius 3 is 3.27 bits per heavy atom. The lowest BCUT2D eigenvalue weighted by Gasteiger charge is -2.28. The Labute approximate surface area is 64.6 Å². The molecule has 2 atom stereocenters. The Kier molecular flexibility index (Phi) is 1.56. The molecule has 2 saturated heterocycles. The molecular formula is C7H11FN2O. The highest BCUT2D eigenvalue weighted by atomic mass is 19.1. The first-order valence-corrected chi connectivity index (χ1v) is 3.90. The van der Waals surface area contributed by atoms with Gasteiger partial charge in [0, 0.05) is 19.1 Å². The largest absolute Gasteiger partial charge is 0.353 e. The SMILES string of the molecule is O=C1CN2CC(F)CC2CN1. The number of carbonyl (C=O) groups excluding carboxylic acids is 1. The van der Waals surface area contributed by atoms with Gasteiger partial charge in [-0.15, -0.1) is 0 Å². The molecule has 62 valence electrons. The minimum Gasteiger partial charge on any atom is -0.353 e. The quantitative estimate of drug-likeness (QED) is 0.517. The van der Waals surface area contributed by atoms with Crippen LogP contribution in [0.2, 0.25) is 0 Å². The Bertz CT molecular complexity index is 185. The third-order valence-corrected chi connectivity index (χ3v) is 2.36. The van der Waals surface area contributed by atoms with E-state index in [0.717, 1.165) is 0 Å². The van der Waals surface area contributed by atoms with Crippen LogP contribution in [0.3, 0.4) is 0 Å². The summed E-state index contributed by atoms with van der Waals surface area (Å²) in [6, 6.07) is 0.252. The van der Waals surface area contributed by atoms with Gasteiger partial charge >= 0.3 is 0 Å². The Morgan fingerprint density at radius 2 is 2.45 bits per heavy atom. The Morgan fingerprint density at radius 1 is 1.64 bits per heavy atom. The van der Waals surface area contributed by atoms with E-state index < -0.39 is 6.17 Å². The highest BCUT2D eigenvalue weighted by molar-refractivity contribution is 5.79. The third kappa shape index (κ3) is 1.22. The fraction of sp³-hybridized carbons (Fsp3) is 0.857. The number of alkyl halides is 1. The van der Waals surface area contributed by atoms with E-state index in [9.17, 15) is 9.18 Å². The molecule has 2 aliphatic heterocycles. The molecule has 0 aromatic rings. The fourth-order valence-corrected chi connectivity index (χ4v) is 1.80. The summed E-state index contributed by atoms with van der Waals surface area (Å²) in [5, 5.41) is 2.73. The van der Waals surface area contributed by atoms with E-state index in [1.807, 2.05) is 4.90 Å². The van der Waals surface area contributed by atoms with Crippen molar-refractivity contribution in [2.45, 2.75) is 18.6 Å². The summed E-state index contributed by atoms with van der Waals surface area (Å²) < 4.78 is 12.8. The van der Waals surface area contributed by atoms with Crippen LogP contribution in [0, 0.1) is 0 Å². The van der Waals surface area contributed by atoms with Crippen LogP contribution in [-0.2, 0) is 4.79 Å². The van der Waals surface area contributed by atoms with Crippen molar-refractivity contribution in [3.05, 3.63) is 0 Å². The molecule has 0 bridgehead atoms. The number of hydrogen-bond acceptors (Lipinski definition) is 2. The van der Waals surface area contributed by atoms with Crippen molar-refractivity contribution < 1.29 is 9.18 Å². The minimum absolute atomic E-state index is 0.0235. The molecule has 0 aliphatic carbocycles. The number of rotatable bonds is 0. The maximum absolute atomic E-state index is 12.8. The van der Waals surface area contributed by atoms with E-state index in [1.165, 1.54) is 0 Å². The number of fused-ring (bicyclic) bond motifs is 1. The van der Waals surface area contributed by atoms with Gasteiger partial charge in [-0.2, -0.15) is 0 Å². The molecule has 3 nitrogen and oxygen atoms in total. The van der Waals surface area contributed by atoms with Gasteiger partial charge in [-0.05, 0) is 6.42 Å². The van der Waals surface area contributed by atoms with Crippen LogP contribution in [-0.4, -0.2) is 42.7 Å². The average molecular weight is 158 g/mol. The zero-order chi connectivity index (χ0) is 7.84. The number of nitrogens with zero attached hydrogens (tertiary/aromatic N) is 1. The predicted molar refractivity (Wildman–Crippen MR) is 37.9 cm³/mol. The van der Waals surface area contributed by atoms with Crippen LogP contribution >= 0.6 is 0 Å². The molecule has 2 rings (SSSR count). The molecule has 0 aromatic heterocycles. The molecular weight excluding hydrogens is 147 g/mol. The topological polar surface area (TPSA) is 32.3 Å². The van der Waals surface area contributed by atoms with E-state index in [2.05, 4.69) is 5.32 Å². The van der Waals surface area contributed by atoms with Crippen molar-refractivity contribution in [2.75, 3.05) is 19.6 Å². The molecule has 2 fully saturated rings. The van der Waals surface area contributed by atoms with Gasteiger partial charge in [-0.3, -0.25) is 9.69 Å². The molecule has 1 N–H and O–H groups in total. The lowest BCUT2D eigenvalue weighted by molar-refractivity contribution is -0.124. The molecule has 0 spiro atoms. The van der Waals surface area contributed by atoms with Gasteiger partial charge in [0.2, 0.25) is 5.91 Å². The van der Waals surface area contributed by atoms with Crippen LogP contribution in [0.15, 0.2) is 0 Å². The maximum Gasteiger partial charge on any atom is 0.234 e. The van der Waals surface area contributed by atoms with Crippen molar-refractivity contribution in [1.82, 2.24) is 10.2 Å². The highest BCUT2D eigenvalue weighted by Gasteiger charge is 2.35. The zero-order valence-corrected chi connectivity index (χ0v) is 6.22. The molecule has 11 heavy (non-hydrogen) atoms. The van der Waals surface area contributed by atoms with Crippen molar-refractivity contribution in [3.63, 3.8) is 0 Å². The highest BCUT2D eigenvalue weighted by Crippen LogP contribution is 2.20. The maximum atomic E-state index is 12.8. The van der Waals surface area contributed by atoms with Crippen LogP contribution in [0.4, 0.5) is 4.39 Å². The van der Waals surface area contributed by atoms with Crippen LogP contribution in [0.25, 0.3) is 0 Å². The third-order valence-electron chi connectivity index (χ3n) is 2.36. The number of hydrogen-bond donors (Lipinski definition) is 1. The molecule has 4 heteroatoms. The van der Waals surface area contributed by atoms with Gasteiger partial charge in [0.25, 0.3) is 0 Å². The Balaban J connectivity index is 2.02. The van der Waals surface area contributed by atoms with E-state index in [0.29, 0.717) is 26.1 Å². The fourth-order valence-electron chi connectivity index (χ4n) is 1.80. The molecule has 0 saturated carbocycles. The smallest absolute Gasteiger partial charge is 0.234 e. The molecule has 2 heterocycles. The van der Waals surface area contributed by atoms with Gasteiger partial charge in [-0.1, -0.05) is 0 Å². The van der Waals surface area contributed by atoms with Crippen molar-refractivity contribution in [2.24, 2.45) is 0 Å². The van der Waals surface area contributed by atoms with Gasteiger partial charge in [-0.25, -0.2) is 4.39 Å². The van der Waals surface area contributed by atoms with E-state index in [-0.39, 0.29) is 11.9 Å². The van der Waals surface area contributed by atoms with Gasteiger partial charge in [0.15, 0.2) is 0 Å². The average Bonchev–Trinajstić information content (AvgIpc) is 2.27.